The molecule has 0 spiro atoms. The van der Waals surface area contributed by atoms with Gasteiger partial charge in [0, 0.05) is 22.6 Å². The van der Waals surface area contributed by atoms with Crippen molar-refractivity contribution in [2.75, 3.05) is 0 Å². The lowest BCUT2D eigenvalue weighted by Crippen LogP contribution is -2.04. The summed E-state index contributed by atoms with van der Waals surface area (Å²) in [7, 11) is 0. The maximum Gasteiger partial charge on any atom is 0.173 e. The van der Waals surface area contributed by atoms with Crippen LogP contribution in [0, 0.1) is 5.82 Å². The molecule has 0 radical (unpaired) electrons. The molecule has 0 atom stereocenters. The van der Waals surface area contributed by atoms with Crippen LogP contribution in [0.15, 0.2) is 84.1 Å². The molecule has 5 aromatic rings. The van der Waals surface area contributed by atoms with Crippen molar-refractivity contribution in [1.29, 1.82) is 0 Å². The molecule has 5 rings (SSSR count). The van der Waals surface area contributed by atoms with Gasteiger partial charge in [-0.15, -0.1) is 0 Å². The van der Waals surface area contributed by atoms with E-state index in [1.165, 1.54) is 12.1 Å². The van der Waals surface area contributed by atoms with Gasteiger partial charge in [0.25, 0.3) is 0 Å². The Morgan fingerprint density at radius 1 is 0.938 bits per heavy atom. The summed E-state index contributed by atoms with van der Waals surface area (Å²) in [6.45, 7) is 0. The highest BCUT2D eigenvalue weighted by Gasteiger charge is 2.14. The van der Waals surface area contributed by atoms with Crippen molar-refractivity contribution in [1.82, 2.24) is 19.5 Å². The Morgan fingerprint density at radius 3 is 2.50 bits per heavy atom. The highest BCUT2D eigenvalue weighted by Crippen LogP contribution is 2.28. The van der Waals surface area contributed by atoms with Gasteiger partial charge >= 0.3 is 0 Å². The second kappa shape index (κ2) is 9.18. The SMILES string of the molecule is Fc1ccc(CCc2cnc(SCc3nc4ccccc4[nH]3)n2-c2ccc(Cl)cc2)cc1. The molecule has 3 aromatic carbocycles. The summed E-state index contributed by atoms with van der Waals surface area (Å²) in [5.74, 6) is 1.37. The Labute approximate surface area is 194 Å². The van der Waals surface area contributed by atoms with Crippen molar-refractivity contribution in [3.63, 3.8) is 0 Å². The number of nitrogens with zero attached hydrogens (tertiary/aromatic N) is 3. The number of imidazole rings is 2. The van der Waals surface area contributed by atoms with Gasteiger partial charge in [0.2, 0.25) is 0 Å². The third-order valence-corrected chi connectivity index (χ3v) is 6.46. The molecule has 2 aromatic heterocycles. The van der Waals surface area contributed by atoms with Crippen molar-refractivity contribution in [3.05, 3.63) is 107 Å². The zero-order chi connectivity index (χ0) is 21.9. The van der Waals surface area contributed by atoms with Crippen molar-refractivity contribution < 1.29 is 4.39 Å². The van der Waals surface area contributed by atoms with Crippen LogP contribution in [0.25, 0.3) is 16.7 Å². The van der Waals surface area contributed by atoms with Crippen molar-refractivity contribution >= 4 is 34.4 Å². The maximum atomic E-state index is 13.2. The van der Waals surface area contributed by atoms with E-state index in [1.54, 1.807) is 11.8 Å². The minimum absolute atomic E-state index is 0.218. The Hall–Kier alpha value is -3.09. The summed E-state index contributed by atoms with van der Waals surface area (Å²) in [4.78, 5) is 12.7. The van der Waals surface area contributed by atoms with E-state index < -0.39 is 0 Å². The largest absolute Gasteiger partial charge is 0.341 e. The van der Waals surface area contributed by atoms with Crippen molar-refractivity contribution in [3.8, 4) is 5.69 Å². The maximum absolute atomic E-state index is 13.2. The quantitative estimate of drug-likeness (QED) is 0.276. The topological polar surface area (TPSA) is 46.5 Å². The van der Waals surface area contributed by atoms with Crippen LogP contribution in [0.5, 0.6) is 0 Å². The summed E-state index contributed by atoms with van der Waals surface area (Å²) in [5.41, 5.74) is 5.18. The zero-order valence-corrected chi connectivity index (χ0v) is 18.7. The first-order chi connectivity index (χ1) is 15.7. The third kappa shape index (κ3) is 4.56. The van der Waals surface area contributed by atoms with Crippen LogP contribution in [0.4, 0.5) is 4.39 Å². The van der Waals surface area contributed by atoms with Gasteiger partial charge in [-0.25, -0.2) is 14.4 Å². The molecule has 0 aliphatic rings. The molecule has 2 heterocycles. The Kier molecular flexibility index (Phi) is 5.97. The average Bonchev–Trinajstić information content (AvgIpc) is 3.41. The van der Waals surface area contributed by atoms with E-state index in [-0.39, 0.29) is 5.82 Å². The van der Waals surface area contributed by atoms with Gasteiger partial charge in [-0.05, 0) is 66.9 Å². The molecule has 160 valence electrons. The van der Waals surface area contributed by atoms with E-state index in [0.29, 0.717) is 10.8 Å². The molecule has 0 saturated carbocycles. The first-order valence-electron chi connectivity index (χ1n) is 10.3. The predicted octanol–water partition coefficient (Wildman–Crippen LogP) is 6.62. The number of benzene rings is 3. The molecule has 0 aliphatic heterocycles. The number of aromatic nitrogens is 4. The van der Waals surface area contributed by atoms with Crippen LogP contribution in [0.3, 0.4) is 0 Å². The minimum Gasteiger partial charge on any atom is -0.341 e. The molecule has 0 unspecified atom stereocenters. The van der Waals surface area contributed by atoms with E-state index >= 15 is 0 Å². The molecule has 0 fully saturated rings. The molecule has 1 N–H and O–H groups in total. The van der Waals surface area contributed by atoms with Crippen LogP contribution in [-0.2, 0) is 18.6 Å². The Balaban J connectivity index is 1.40. The number of thioether (sulfide) groups is 1. The highest BCUT2D eigenvalue weighted by atomic mass is 35.5. The lowest BCUT2D eigenvalue weighted by atomic mass is 10.1. The van der Waals surface area contributed by atoms with Crippen LogP contribution >= 0.6 is 23.4 Å². The average molecular weight is 463 g/mol. The molecule has 0 amide bonds. The summed E-state index contributed by atoms with van der Waals surface area (Å²) in [6.07, 6.45) is 3.50. The molecular formula is C25H20ClFN4S. The fraction of sp³-hybridized carbons (Fsp3) is 0.120. The number of halogens is 2. The van der Waals surface area contributed by atoms with Gasteiger partial charge in [0.15, 0.2) is 5.16 Å². The lowest BCUT2D eigenvalue weighted by Gasteiger charge is -2.12. The molecule has 7 heteroatoms. The summed E-state index contributed by atoms with van der Waals surface area (Å²) >= 11 is 7.75. The van der Waals surface area contributed by atoms with Crippen LogP contribution in [0.2, 0.25) is 5.02 Å². The molecule has 4 nitrogen and oxygen atoms in total. The monoisotopic (exact) mass is 462 g/mol. The second-order valence-corrected chi connectivity index (χ2v) is 8.84. The Bertz CT molecular complexity index is 1310. The summed E-state index contributed by atoms with van der Waals surface area (Å²) in [5, 5.41) is 1.58. The Morgan fingerprint density at radius 2 is 1.72 bits per heavy atom. The molecule has 0 bridgehead atoms. The van der Waals surface area contributed by atoms with E-state index in [2.05, 4.69) is 14.5 Å². The van der Waals surface area contributed by atoms with E-state index in [4.69, 9.17) is 16.6 Å². The van der Waals surface area contributed by atoms with E-state index in [0.717, 1.165) is 51.8 Å². The lowest BCUT2D eigenvalue weighted by molar-refractivity contribution is 0.627. The van der Waals surface area contributed by atoms with E-state index in [9.17, 15) is 4.39 Å². The zero-order valence-electron chi connectivity index (χ0n) is 17.1. The number of H-pyrrole nitrogens is 1. The van der Waals surface area contributed by atoms with Gasteiger partial charge in [-0.3, -0.25) is 4.57 Å². The van der Waals surface area contributed by atoms with Crippen LogP contribution < -0.4 is 0 Å². The number of rotatable bonds is 7. The first-order valence-corrected chi connectivity index (χ1v) is 11.7. The normalized spacial score (nSPS) is 11.3. The second-order valence-electron chi connectivity index (χ2n) is 7.46. The number of nitrogens with one attached hydrogen (secondary N) is 1. The number of aromatic amines is 1. The van der Waals surface area contributed by atoms with E-state index in [1.807, 2.05) is 66.9 Å². The van der Waals surface area contributed by atoms with Gasteiger partial charge in [-0.2, -0.15) is 0 Å². The summed E-state index contributed by atoms with van der Waals surface area (Å²) < 4.78 is 15.4. The van der Waals surface area contributed by atoms with Crippen molar-refractivity contribution in [2.24, 2.45) is 0 Å². The smallest absolute Gasteiger partial charge is 0.173 e. The number of fused-ring (bicyclic) bond motifs is 1. The van der Waals surface area contributed by atoms with Gasteiger partial charge in [0.1, 0.15) is 11.6 Å². The number of hydrogen-bond acceptors (Lipinski definition) is 3. The van der Waals surface area contributed by atoms with Gasteiger partial charge < -0.3 is 4.98 Å². The van der Waals surface area contributed by atoms with Gasteiger partial charge in [0.05, 0.1) is 16.8 Å². The minimum atomic E-state index is -0.218. The first kappa shape index (κ1) is 20.8. The predicted molar refractivity (Wildman–Crippen MR) is 128 cm³/mol. The summed E-state index contributed by atoms with van der Waals surface area (Å²) in [6, 6.07) is 22.4. The van der Waals surface area contributed by atoms with Gasteiger partial charge in [-0.1, -0.05) is 47.6 Å². The molecule has 32 heavy (non-hydrogen) atoms. The number of aryl methyl sites for hydroxylation is 2. The molecule has 0 aliphatic carbocycles. The molecule has 0 saturated heterocycles. The van der Waals surface area contributed by atoms with Crippen LogP contribution in [-0.4, -0.2) is 19.5 Å². The highest BCUT2D eigenvalue weighted by molar-refractivity contribution is 7.98. The van der Waals surface area contributed by atoms with Crippen molar-refractivity contribution in [2.45, 2.75) is 23.8 Å². The third-order valence-electron chi connectivity index (χ3n) is 5.25. The standard InChI is InChI=1S/C25H20ClFN4S/c26-18-8-13-20(14-9-18)31-21(12-7-17-5-10-19(27)11-6-17)15-28-25(31)32-16-24-29-22-3-1-2-4-23(22)30-24/h1-6,8-11,13-15H,7,12,16H2,(H,29,30). The van der Waals surface area contributed by atoms with Crippen LogP contribution in [0.1, 0.15) is 17.1 Å². The molecular weight excluding hydrogens is 443 g/mol. The fourth-order valence-corrected chi connectivity index (χ4v) is 4.65. The fourth-order valence-electron chi connectivity index (χ4n) is 3.64. The number of hydrogen-bond donors (Lipinski definition) is 1. The number of para-hydroxylation sites is 2.